The van der Waals surface area contributed by atoms with Gasteiger partial charge < -0.3 is 30.7 Å². The van der Waals surface area contributed by atoms with E-state index in [9.17, 15) is 24.2 Å². The number of anilines is 1. The molecule has 0 aliphatic carbocycles. The summed E-state index contributed by atoms with van der Waals surface area (Å²) in [6.45, 7) is 4.25. The maximum atomic E-state index is 14.0. The molecule has 0 bridgehead atoms. The maximum absolute atomic E-state index is 14.0. The summed E-state index contributed by atoms with van der Waals surface area (Å²) < 4.78 is 16.0. The number of carboxylic acid groups (broad SMARTS) is 1. The number of rotatable bonds is 12. The van der Waals surface area contributed by atoms with Crippen LogP contribution in [-0.2, 0) is 30.8 Å². The largest absolute Gasteiger partial charge is 2.00 e. The Balaban J connectivity index is 0.00000323. The summed E-state index contributed by atoms with van der Waals surface area (Å²) in [5, 5.41) is 32.8. The van der Waals surface area contributed by atoms with Gasteiger partial charge in [-0.25, -0.2) is 4.39 Å². The van der Waals surface area contributed by atoms with Crippen molar-refractivity contribution in [1.29, 1.82) is 0 Å². The number of amides is 1. The minimum Gasteiger partial charge on any atom is -0.481 e. The molecule has 3 aromatic carbocycles. The minimum absolute atomic E-state index is 0. The number of benzene rings is 3. The van der Waals surface area contributed by atoms with Crippen molar-refractivity contribution in [3.8, 4) is 22.4 Å². The first-order valence-corrected chi connectivity index (χ1v) is 13.7. The predicted octanol–water partition coefficient (Wildman–Crippen LogP) is 5.49. The number of carboxylic acids is 1. The van der Waals surface area contributed by atoms with Crippen LogP contribution in [0, 0.1) is 5.82 Å². The van der Waals surface area contributed by atoms with E-state index in [2.05, 4.69) is 5.32 Å². The van der Waals surface area contributed by atoms with E-state index in [4.69, 9.17) is 5.11 Å². The molecule has 10 heteroatoms. The maximum Gasteiger partial charge on any atom is 2.00 e. The van der Waals surface area contributed by atoms with E-state index in [1.165, 1.54) is 12.1 Å². The van der Waals surface area contributed by atoms with E-state index in [1.807, 2.05) is 79.1 Å². The van der Waals surface area contributed by atoms with Crippen molar-refractivity contribution < 1.29 is 54.3 Å². The Morgan fingerprint density at radius 2 is 1.44 bits per heavy atom. The van der Waals surface area contributed by atoms with Crippen LogP contribution in [0.15, 0.2) is 84.9 Å². The smallest absolute Gasteiger partial charge is 0.481 e. The second-order valence-electron chi connectivity index (χ2n) is 10.4. The van der Waals surface area contributed by atoms with Gasteiger partial charge in [-0.1, -0.05) is 62.4 Å². The molecule has 4 rings (SSSR count). The number of halogens is 1. The molecule has 222 valence electrons. The van der Waals surface area contributed by atoms with E-state index in [1.54, 1.807) is 12.1 Å². The third-order valence-corrected chi connectivity index (χ3v) is 6.93. The summed E-state index contributed by atoms with van der Waals surface area (Å²) >= 11 is 0. The van der Waals surface area contributed by atoms with E-state index in [0.29, 0.717) is 28.1 Å². The van der Waals surface area contributed by atoms with Gasteiger partial charge in [0.05, 0.1) is 29.9 Å². The molecule has 1 amide bonds. The molecule has 0 fully saturated rings. The zero-order valence-electron chi connectivity index (χ0n) is 24.3. The average molecular weight is 642 g/mol. The molecule has 43 heavy (non-hydrogen) atoms. The number of hydrogen-bond acceptors (Lipinski definition) is 4. The van der Waals surface area contributed by atoms with Crippen molar-refractivity contribution in [3.63, 3.8) is 0 Å². The SMILES string of the molecule is CC(C)c1c(C(=O)Nc2ccccc2)c(-c2ccccc2)c(-c2ccc(F)cc2)n1CC[C@@H](O)C[C@@H](O)CC(=O)O.O.[Zn+2]. The van der Waals surface area contributed by atoms with E-state index in [-0.39, 0.29) is 62.0 Å². The van der Waals surface area contributed by atoms with Crippen LogP contribution in [0.2, 0.25) is 0 Å². The number of carbonyl (C=O) groups is 2. The van der Waals surface area contributed by atoms with Crippen LogP contribution in [-0.4, -0.2) is 49.4 Å². The fourth-order valence-corrected chi connectivity index (χ4v) is 5.20. The third kappa shape index (κ3) is 8.91. The van der Waals surface area contributed by atoms with Crippen molar-refractivity contribution in [2.45, 2.75) is 57.8 Å². The molecule has 8 nitrogen and oxygen atoms in total. The Hall–Kier alpha value is -3.69. The van der Waals surface area contributed by atoms with Crippen molar-refractivity contribution in [1.82, 2.24) is 4.57 Å². The molecular weight excluding hydrogens is 605 g/mol. The molecular formula is C33H37FN2O6Zn+2. The number of carbonyl (C=O) groups excluding carboxylic acids is 1. The Kier molecular flexibility index (Phi) is 13.4. The van der Waals surface area contributed by atoms with Crippen molar-refractivity contribution >= 4 is 17.6 Å². The zero-order valence-corrected chi connectivity index (χ0v) is 27.3. The molecule has 6 N–H and O–H groups in total. The number of aliphatic hydroxyl groups excluding tert-OH is 2. The van der Waals surface area contributed by atoms with Crippen molar-refractivity contribution in [2.24, 2.45) is 0 Å². The Labute approximate surface area is 263 Å². The molecule has 4 aromatic rings. The van der Waals surface area contributed by atoms with Gasteiger partial charge in [0.15, 0.2) is 0 Å². The standard InChI is InChI=1S/C33H35FN2O5.H2O.Zn/c1-21(2)31-30(33(41)35-25-11-7-4-8-12-25)29(22-9-5-3-6-10-22)32(23-13-15-24(34)16-14-23)36(31)18-17-26(37)19-27(38)20-28(39)40;;/h3-16,21,26-27,37-38H,17-20H2,1-2H3,(H,35,41)(H,39,40);1H2;/q;;+2/t26-,27-;;/m1../s1. The Morgan fingerprint density at radius 1 is 0.860 bits per heavy atom. The molecule has 0 spiro atoms. The number of nitrogens with one attached hydrogen (secondary N) is 1. The number of para-hydroxylation sites is 1. The van der Waals surface area contributed by atoms with Gasteiger partial charge in [0.25, 0.3) is 5.91 Å². The molecule has 0 aliphatic heterocycles. The third-order valence-electron chi connectivity index (χ3n) is 6.93. The first kappa shape index (κ1) is 35.5. The Bertz CT molecular complexity index is 1480. The van der Waals surface area contributed by atoms with Crippen molar-refractivity contribution in [3.05, 3.63) is 102 Å². The Morgan fingerprint density at radius 3 is 2.00 bits per heavy atom. The second kappa shape index (κ2) is 16.2. The van der Waals surface area contributed by atoms with Gasteiger partial charge in [-0.3, -0.25) is 9.59 Å². The molecule has 1 aromatic heterocycles. The number of hydrogen-bond donors (Lipinski definition) is 4. The van der Waals surface area contributed by atoms with Crippen LogP contribution in [0.1, 0.15) is 55.1 Å². The topological polar surface area (TPSA) is 143 Å². The fraction of sp³-hybridized carbons (Fsp3) is 0.273. The molecule has 0 unspecified atom stereocenters. The van der Waals surface area contributed by atoms with Gasteiger partial charge in [0.2, 0.25) is 0 Å². The van der Waals surface area contributed by atoms with Gasteiger partial charge in [-0.05, 0) is 66.3 Å². The summed E-state index contributed by atoms with van der Waals surface area (Å²) in [6, 6.07) is 24.8. The normalized spacial score (nSPS) is 12.1. The first-order valence-electron chi connectivity index (χ1n) is 13.7. The molecule has 1 heterocycles. The first-order chi connectivity index (χ1) is 19.7. The van der Waals surface area contributed by atoms with E-state index < -0.39 is 24.6 Å². The van der Waals surface area contributed by atoms with E-state index in [0.717, 1.165) is 11.3 Å². The van der Waals surface area contributed by atoms with Gasteiger partial charge in [0, 0.05) is 23.5 Å². The van der Waals surface area contributed by atoms with Crippen molar-refractivity contribution in [2.75, 3.05) is 5.32 Å². The van der Waals surface area contributed by atoms with Crippen LogP contribution < -0.4 is 5.32 Å². The predicted molar refractivity (Wildman–Crippen MR) is 161 cm³/mol. The van der Waals surface area contributed by atoms with Crippen LogP contribution in [0.25, 0.3) is 22.4 Å². The average Bonchev–Trinajstić information content (AvgIpc) is 3.28. The quantitative estimate of drug-likeness (QED) is 0.151. The van der Waals surface area contributed by atoms with Gasteiger partial charge in [0.1, 0.15) is 5.82 Å². The van der Waals surface area contributed by atoms with Crippen LogP contribution in [0.3, 0.4) is 0 Å². The van der Waals surface area contributed by atoms with Crippen LogP contribution in [0.5, 0.6) is 0 Å². The second-order valence-corrected chi connectivity index (χ2v) is 10.4. The minimum atomic E-state index is -1.18. The van der Waals surface area contributed by atoms with Gasteiger partial charge in [-0.2, -0.15) is 0 Å². The molecule has 0 saturated heterocycles. The van der Waals surface area contributed by atoms with Gasteiger partial charge >= 0.3 is 25.4 Å². The monoisotopic (exact) mass is 640 g/mol. The zero-order chi connectivity index (χ0) is 29.5. The van der Waals surface area contributed by atoms with Crippen LogP contribution in [0.4, 0.5) is 10.1 Å². The number of aliphatic hydroxyl groups is 2. The summed E-state index contributed by atoms with van der Waals surface area (Å²) in [5.41, 5.74) is 4.77. The van der Waals surface area contributed by atoms with Crippen LogP contribution >= 0.6 is 0 Å². The number of aliphatic carboxylic acids is 1. The molecule has 0 radical (unpaired) electrons. The summed E-state index contributed by atoms with van der Waals surface area (Å²) in [4.78, 5) is 25.0. The number of aromatic nitrogens is 1. The summed E-state index contributed by atoms with van der Waals surface area (Å²) in [7, 11) is 0. The molecule has 2 atom stereocenters. The summed E-state index contributed by atoms with van der Waals surface area (Å²) in [6.07, 6.45) is -2.51. The summed E-state index contributed by atoms with van der Waals surface area (Å²) in [5.74, 6) is -1.93. The molecule has 0 saturated carbocycles. The molecule has 0 aliphatic rings. The fourth-order valence-electron chi connectivity index (χ4n) is 5.20. The van der Waals surface area contributed by atoms with Gasteiger partial charge in [-0.15, -0.1) is 0 Å². The number of nitrogens with zero attached hydrogens (tertiary/aromatic N) is 1. The van der Waals surface area contributed by atoms with E-state index >= 15 is 0 Å².